The summed E-state index contributed by atoms with van der Waals surface area (Å²) >= 11 is 0. The molecule has 0 fully saturated rings. The zero-order chi connectivity index (χ0) is 15.1. The van der Waals surface area contributed by atoms with Crippen molar-refractivity contribution in [3.8, 4) is 5.75 Å². The molecule has 0 aromatic heterocycles. The number of para-hydroxylation sites is 1. The molecule has 0 radical (unpaired) electrons. The summed E-state index contributed by atoms with van der Waals surface area (Å²) in [6.07, 6.45) is 0.841. The molecule has 0 aliphatic heterocycles. The molecule has 0 bridgehead atoms. The lowest BCUT2D eigenvalue weighted by atomic mass is 10.1. The number of ether oxygens (including phenoxy) is 1. The Labute approximate surface area is 126 Å². The van der Waals surface area contributed by atoms with Gasteiger partial charge in [-0.05, 0) is 29.8 Å². The first kappa shape index (κ1) is 15.1. The second-order valence-corrected chi connectivity index (χ2v) is 5.25. The van der Waals surface area contributed by atoms with E-state index in [4.69, 9.17) is 4.74 Å². The van der Waals surface area contributed by atoms with Crippen molar-refractivity contribution in [1.82, 2.24) is 0 Å². The summed E-state index contributed by atoms with van der Waals surface area (Å²) in [6, 6.07) is 17.7. The van der Waals surface area contributed by atoms with Gasteiger partial charge in [0.2, 0.25) is 5.91 Å². The van der Waals surface area contributed by atoms with Gasteiger partial charge in [0.25, 0.3) is 0 Å². The Morgan fingerprint density at radius 1 is 1.05 bits per heavy atom. The highest BCUT2D eigenvalue weighted by atomic mass is 16.5. The van der Waals surface area contributed by atoms with E-state index in [1.165, 1.54) is 5.56 Å². The summed E-state index contributed by atoms with van der Waals surface area (Å²) in [5, 5.41) is 2.88. The quantitative estimate of drug-likeness (QED) is 0.873. The standard InChI is InChI=1S/C18H21NO2/c1-14(2)18(20)19-16-10-8-15(9-11-16)12-13-21-17-6-4-3-5-7-17/h3-11,14H,12-13H2,1-2H3,(H,19,20). The van der Waals surface area contributed by atoms with E-state index >= 15 is 0 Å². The van der Waals surface area contributed by atoms with E-state index < -0.39 is 0 Å². The lowest BCUT2D eigenvalue weighted by Gasteiger charge is -2.09. The summed E-state index contributed by atoms with van der Waals surface area (Å²) < 4.78 is 5.67. The molecule has 1 amide bonds. The summed E-state index contributed by atoms with van der Waals surface area (Å²) in [4.78, 5) is 11.6. The molecule has 0 spiro atoms. The van der Waals surface area contributed by atoms with Crippen molar-refractivity contribution in [2.24, 2.45) is 5.92 Å². The van der Waals surface area contributed by atoms with Gasteiger partial charge in [-0.2, -0.15) is 0 Å². The van der Waals surface area contributed by atoms with Gasteiger partial charge in [-0.15, -0.1) is 0 Å². The molecular formula is C18H21NO2. The highest BCUT2D eigenvalue weighted by Crippen LogP contribution is 2.13. The number of amides is 1. The molecule has 1 N–H and O–H groups in total. The number of anilines is 1. The SMILES string of the molecule is CC(C)C(=O)Nc1ccc(CCOc2ccccc2)cc1. The maximum Gasteiger partial charge on any atom is 0.226 e. The van der Waals surface area contributed by atoms with Crippen molar-refractivity contribution in [1.29, 1.82) is 0 Å². The van der Waals surface area contributed by atoms with Crippen LogP contribution < -0.4 is 10.1 Å². The maximum absolute atomic E-state index is 11.6. The van der Waals surface area contributed by atoms with E-state index in [1.807, 2.05) is 68.4 Å². The van der Waals surface area contributed by atoms with Crippen LogP contribution in [0.1, 0.15) is 19.4 Å². The van der Waals surface area contributed by atoms with Gasteiger partial charge < -0.3 is 10.1 Å². The first-order chi connectivity index (χ1) is 10.1. The second kappa shape index (κ2) is 7.48. The Bertz CT molecular complexity index is 562. The van der Waals surface area contributed by atoms with E-state index in [-0.39, 0.29) is 11.8 Å². The van der Waals surface area contributed by atoms with Gasteiger partial charge in [0, 0.05) is 18.0 Å². The Balaban J connectivity index is 1.81. The van der Waals surface area contributed by atoms with Crippen LogP contribution in [0.15, 0.2) is 54.6 Å². The lowest BCUT2D eigenvalue weighted by molar-refractivity contribution is -0.118. The molecule has 2 rings (SSSR count). The summed E-state index contributed by atoms with van der Waals surface area (Å²) in [6.45, 7) is 4.40. The van der Waals surface area contributed by atoms with Crippen LogP contribution in [0.25, 0.3) is 0 Å². The smallest absolute Gasteiger partial charge is 0.226 e. The number of benzene rings is 2. The van der Waals surface area contributed by atoms with Crippen LogP contribution in [0, 0.1) is 5.92 Å². The maximum atomic E-state index is 11.6. The predicted octanol–water partition coefficient (Wildman–Crippen LogP) is 3.90. The zero-order valence-electron chi connectivity index (χ0n) is 12.5. The first-order valence-corrected chi connectivity index (χ1v) is 7.23. The van der Waals surface area contributed by atoms with Gasteiger partial charge in [0.05, 0.1) is 6.61 Å². The molecule has 2 aromatic carbocycles. The minimum atomic E-state index is -0.0102. The molecule has 0 heterocycles. The Morgan fingerprint density at radius 3 is 2.33 bits per heavy atom. The molecule has 2 aromatic rings. The number of rotatable bonds is 6. The molecule has 0 atom stereocenters. The van der Waals surface area contributed by atoms with Crippen LogP contribution in [0.3, 0.4) is 0 Å². The topological polar surface area (TPSA) is 38.3 Å². The second-order valence-electron chi connectivity index (χ2n) is 5.25. The highest BCUT2D eigenvalue weighted by Gasteiger charge is 2.06. The fraction of sp³-hybridized carbons (Fsp3) is 0.278. The van der Waals surface area contributed by atoms with E-state index in [2.05, 4.69) is 5.32 Å². The summed E-state index contributed by atoms with van der Waals surface area (Å²) in [7, 11) is 0. The van der Waals surface area contributed by atoms with E-state index in [1.54, 1.807) is 0 Å². The van der Waals surface area contributed by atoms with Gasteiger partial charge in [0.1, 0.15) is 5.75 Å². The van der Waals surface area contributed by atoms with Crippen LogP contribution in [0.4, 0.5) is 5.69 Å². The molecule has 0 saturated heterocycles. The average Bonchev–Trinajstić information content (AvgIpc) is 2.50. The van der Waals surface area contributed by atoms with Gasteiger partial charge in [0.15, 0.2) is 0 Å². The fourth-order valence-electron chi connectivity index (χ4n) is 1.84. The van der Waals surface area contributed by atoms with Crippen molar-refractivity contribution < 1.29 is 9.53 Å². The minimum absolute atomic E-state index is 0.0102. The van der Waals surface area contributed by atoms with Gasteiger partial charge in [-0.3, -0.25) is 4.79 Å². The molecule has 21 heavy (non-hydrogen) atoms. The molecule has 0 aliphatic carbocycles. The highest BCUT2D eigenvalue weighted by molar-refractivity contribution is 5.92. The number of hydrogen-bond donors (Lipinski definition) is 1. The van der Waals surface area contributed by atoms with Gasteiger partial charge in [-0.25, -0.2) is 0 Å². The Morgan fingerprint density at radius 2 is 1.71 bits per heavy atom. The fourth-order valence-corrected chi connectivity index (χ4v) is 1.84. The lowest BCUT2D eigenvalue weighted by Crippen LogP contribution is -2.17. The van der Waals surface area contributed by atoms with Crippen LogP contribution in [0.2, 0.25) is 0 Å². The largest absolute Gasteiger partial charge is 0.493 e. The number of hydrogen-bond acceptors (Lipinski definition) is 2. The van der Waals surface area contributed by atoms with Crippen molar-refractivity contribution >= 4 is 11.6 Å². The van der Waals surface area contributed by atoms with Crippen molar-refractivity contribution in [3.63, 3.8) is 0 Å². The number of carbonyl (C=O) groups is 1. The predicted molar refractivity (Wildman–Crippen MR) is 85.6 cm³/mol. The molecule has 3 heteroatoms. The molecule has 110 valence electrons. The molecule has 0 saturated carbocycles. The minimum Gasteiger partial charge on any atom is -0.493 e. The van der Waals surface area contributed by atoms with Crippen LogP contribution in [0.5, 0.6) is 5.75 Å². The first-order valence-electron chi connectivity index (χ1n) is 7.23. The van der Waals surface area contributed by atoms with Gasteiger partial charge >= 0.3 is 0 Å². The van der Waals surface area contributed by atoms with Crippen molar-refractivity contribution in [3.05, 3.63) is 60.2 Å². The Kier molecular flexibility index (Phi) is 5.38. The van der Waals surface area contributed by atoms with Crippen molar-refractivity contribution in [2.75, 3.05) is 11.9 Å². The third-order valence-corrected chi connectivity index (χ3v) is 3.15. The summed E-state index contributed by atoms with van der Waals surface area (Å²) in [5.41, 5.74) is 2.02. The zero-order valence-corrected chi connectivity index (χ0v) is 12.5. The van der Waals surface area contributed by atoms with Crippen molar-refractivity contribution in [2.45, 2.75) is 20.3 Å². The van der Waals surface area contributed by atoms with Gasteiger partial charge in [-0.1, -0.05) is 44.2 Å². The molecule has 3 nitrogen and oxygen atoms in total. The van der Waals surface area contributed by atoms with Crippen LogP contribution >= 0.6 is 0 Å². The summed E-state index contributed by atoms with van der Waals surface area (Å²) in [5.74, 6) is 0.914. The third kappa shape index (κ3) is 4.95. The van der Waals surface area contributed by atoms with Crippen LogP contribution in [-0.4, -0.2) is 12.5 Å². The van der Waals surface area contributed by atoms with E-state index in [0.29, 0.717) is 6.61 Å². The average molecular weight is 283 g/mol. The molecule has 0 unspecified atom stereocenters. The number of carbonyl (C=O) groups excluding carboxylic acids is 1. The molecular weight excluding hydrogens is 262 g/mol. The van der Waals surface area contributed by atoms with E-state index in [9.17, 15) is 4.79 Å². The third-order valence-electron chi connectivity index (χ3n) is 3.15. The normalized spacial score (nSPS) is 10.4. The van der Waals surface area contributed by atoms with Crippen LogP contribution in [-0.2, 0) is 11.2 Å². The Hall–Kier alpha value is -2.29. The monoisotopic (exact) mass is 283 g/mol. The molecule has 0 aliphatic rings. The number of nitrogens with one attached hydrogen (secondary N) is 1. The van der Waals surface area contributed by atoms with E-state index in [0.717, 1.165) is 17.9 Å².